The molecule has 142 valence electrons. The smallest absolute Gasteiger partial charge is 0.188 e. The molecule has 0 unspecified atom stereocenters. The standard InChI is InChI=1S/C23H32O3/c1-4-22(24)10-8-19-17-6-5-16-15-23(25-13-14-26-23)12-11-20(16,2)18(17)7-9-21(19,22)3/h1,15,17-19,24H,5-14H2,2-3H3/t17-,18+,19+,20+,21+,22+/m1/s1. The van der Waals surface area contributed by atoms with Gasteiger partial charge in [-0.25, -0.2) is 0 Å². The summed E-state index contributed by atoms with van der Waals surface area (Å²) in [4.78, 5) is 0. The van der Waals surface area contributed by atoms with Crippen LogP contribution in [0.25, 0.3) is 0 Å². The minimum absolute atomic E-state index is 0.103. The lowest BCUT2D eigenvalue weighted by atomic mass is 9.46. The summed E-state index contributed by atoms with van der Waals surface area (Å²) in [6.45, 7) is 6.20. The second kappa shape index (κ2) is 5.37. The van der Waals surface area contributed by atoms with Crippen molar-refractivity contribution in [3.8, 4) is 12.3 Å². The van der Waals surface area contributed by atoms with Gasteiger partial charge in [0.25, 0.3) is 0 Å². The van der Waals surface area contributed by atoms with Crippen molar-refractivity contribution in [3.63, 3.8) is 0 Å². The van der Waals surface area contributed by atoms with E-state index >= 15 is 0 Å². The van der Waals surface area contributed by atoms with Gasteiger partial charge in [-0.05, 0) is 74.2 Å². The first-order valence-corrected chi connectivity index (χ1v) is 10.6. The quantitative estimate of drug-likeness (QED) is 0.525. The van der Waals surface area contributed by atoms with Gasteiger partial charge >= 0.3 is 0 Å². The van der Waals surface area contributed by atoms with Crippen LogP contribution in [0.2, 0.25) is 0 Å². The van der Waals surface area contributed by atoms with E-state index in [1.807, 2.05) is 0 Å². The van der Waals surface area contributed by atoms with Crippen molar-refractivity contribution in [1.82, 2.24) is 0 Å². The summed E-state index contributed by atoms with van der Waals surface area (Å²) < 4.78 is 12.0. The minimum Gasteiger partial charge on any atom is -0.377 e. The number of hydrogen-bond donors (Lipinski definition) is 1. The molecule has 1 saturated heterocycles. The average Bonchev–Trinajstić information content (AvgIpc) is 3.19. The van der Waals surface area contributed by atoms with Gasteiger partial charge in [0.15, 0.2) is 5.79 Å². The maximum absolute atomic E-state index is 11.1. The van der Waals surface area contributed by atoms with Crippen LogP contribution in [0.3, 0.4) is 0 Å². The maximum atomic E-state index is 11.1. The molecular formula is C23H32O3. The molecule has 5 rings (SSSR count). The van der Waals surface area contributed by atoms with E-state index in [1.165, 1.54) is 12.8 Å². The maximum Gasteiger partial charge on any atom is 0.188 e. The molecule has 0 amide bonds. The highest BCUT2D eigenvalue weighted by Crippen LogP contribution is 2.68. The number of hydrogen-bond acceptors (Lipinski definition) is 3. The fourth-order valence-corrected chi connectivity index (χ4v) is 7.63. The van der Waals surface area contributed by atoms with Gasteiger partial charge in [0, 0.05) is 11.8 Å². The highest BCUT2D eigenvalue weighted by Gasteiger charge is 2.64. The highest BCUT2D eigenvalue weighted by molar-refractivity contribution is 5.29. The van der Waals surface area contributed by atoms with E-state index in [-0.39, 0.29) is 10.8 Å². The van der Waals surface area contributed by atoms with Gasteiger partial charge in [-0.1, -0.05) is 25.3 Å². The molecule has 3 nitrogen and oxygen atoms in total. The zero-order chi connectivity index (χ0) is 18.2. The number of allylic oxidation sites excluding steroid dienone is 1. The van der Waals surface area contributed by atoms with Gasteiger partial charge in [-0.2, -0.15) is 0 Å². The van der Waals surface area contributed by atoms with Crippen LogP contribution in [-0.4, -0.2) is 29.7 Å². The first kappa shape index (κ1) is 17.3. The molecule has 4 aliphatic carbocycles. The van der Waals surface area contributed by atoms with Crippen LogP contribution in [0.4, 0.5) is 0 Å². The van der Waals surface area contributed by atoms with Gasteiger partial charge < -0.3 is 14.6 Å². The lowest BCUT2D eigenvalue weighted by Crippen LogP contribution is -2.55. The SMILES string of the molecule is C#C[C@]1(O)CC[C@H]2[C@@H]3CCC4=CC5(CC[C@]4(C)[C@H]3CC[C@@]21C)OCCO5. The van der Waals surface area contributed by atoms with Gasteiger partial charge in [-0.3, -0.25) is 0 Å². The van der Waals surface area contributed by atoms with Crippen molar-refractivity contribution in [3.05, 3.63) is 11.6 Å². The van der Waals surface area contributed by atoms with Crippen molar-refractivity contribution < 1.29 is 14.6 Å². The molecule has 0 aromatic heterocycles. The van der Waals surface area contributed by atoms with Gasteiger partial charge in [0.1, 0.15) is 5.60 Å². The van der Waals surface area contributed by atoms with Crippen LogP contribution in [0, 0.1) is 40.9 Å². The molecule has 0 bridgehead atoms. The Kier molecular flexibility index (Phi) is 3.57. The fraction of sp³-hybridized carbons (Fsp3) is 0.826. The molecule has 0 aromatic rings. The third-order valence-electron chi connectivity index (χ3n) is 9.29. The van der Waals surface area contributed by atoms with Crippen molar-refractivity contribution in [2.24, 2.45) is 28.6 Å². The lowest BCUT2D eigenvalue weighted by molar-refractivity contribution is -0.148. The molecule has 5 aliphatic rings. The topological polar surface area (TPSA) is 38.7 Å². The minimum atomic E-state index is -0.901. The monoisotopic (exact) mass is 356 g/mol. The second-order valence-corrected chi connectivity index (χ2v) is 10.0. The third-order valence-corrected chi connectivity index (χ3v) is 9.29. The van der Waals surface area contributed by atoms with E-state index in [4.69, 9.17) is 15.9 Å². The Morgan fingerprint density at radius 2 is 1.77 bits per heavy atom. The Labute approximate surface area is 157 Å². The molecule has 1 spiro atoms. The molecule has 6 atom stereocenters. The molecule has 0 aromatic carbocycles. The normalized spacial score (nSPS) is 51.9. The average molecular weight is 357 g/mol. The molecule has 3 saturated carbocycles. The van der Waals surface area contributed by atoms with E-state index in [1.54, 1.807) is 5.57 Å². The molecular weight excluding hydrogens is 324 g/mol. The Hall–Kier alpha value is -0.820. The van der Waals surface area contributed by atoms with Crippen LogP contribution in [-0.2, 0) is 9.47 Å². The molecule has 1 N–H and O–H groups in total. The van der Waals surface area contributed by atoms with E-state index in [0.717, 1.165) is 51.7 Å². The van der Waals surface area contributed by atoms with E-state index < -0.39 is 11.4 Å². The lowest BCUT2D eigenvalue weighted by Gasteiger charge is -2.59. The summed E-state index contributed by atoms with van der Waals surface area (Å²) in [7, 11) is 0. The van der Waals surface area contributed by atoms with E-state index in [2.05, 4.69) is 25.8 Å². The van der Waals surface area contributed by atoms with E-state index in [0.29, 0.717) is 17.8 Å². The highest BCUT2D eigenvalue weighted by atomic mass is 16.7. The van der Waals surface area contributed by atoms with Gasteiger partial charge in [0.05, 0.1) is 13.2 Å². The second-order valence-electron chi connectivity index (χ2n) is 10.0. The molecule has 3 heteroatoms. The first-order valence-electron chi connectivity index (χ1n) is 10.6. The van der Waals surface area contributed by atoms with E-state index in [9.17, 15) is 5.11 Å². The van der Waals surface area contributed by atoms with Crippen molar-refractivity contribution in [2.45, 2.75) is 76.6 Å². The van der Waals surface area contributed by atoms with Gasteiger partial charge in [-0.15, -0.1) is 6.42 Å². The summed E-state index contributed by atoms with van der Waals surface area (Å²) in [6.07, 6.45) is 16.7. The predicted octanol–water partition coefficient (Wildman–Crippen LogP) is 4.06. The summed E-state index contributed by atoms with van der Waals surface area (Å²) >= 11 is 0. The first-order chi connectivity index (χ1) is 12.4. The Morgan fingerprint density at radius 1 is 1.04 bits per heavy atom. The van der Waals surface area contributed by atoms with Crippen LogP contribution >= 0.6 is 0 Å². The number of fused-ring (bicyclic) bond motifs is 5. The Bertz CT molecular complexity index is 684. The molecule has 26 heavy (non-hydrogen) atoms. The van der Waals surface area contributed by atoms with Crippen LogP contribution in [0.15, 0.2) is 11.6 Å². The number of ether oxygens (including phenoxy) is 2. The summed E-state index contributed by atoms with van der Waals surface area (Å²) in [5, 5.41) is 11.1. The third kappa shape index (κ3) is 2.02. The Morgan fingerprint density at radius 3 is 2.50 bits per heavy atom. The number of terminal acetylenes is 1. The number of rotatable bonds is 0. The zero-order valence-corrected chi connectivity index (χ0v) is 16.2. The van der Waals surface area contributed by atoms with Crippen LogP contribution in [0.1, 0.15) is 65.2 Å². The predicted molar refractivity (Wildman–Crippen MR) is 100 cm³/mol. The molecule has 1 heterocycles. The summed E-state index contributed by atoms with van der Waals surface area (Å²) in [6, 6.07) is 0. The van der Waals surface area contributed by atoms with Gasteiger partial charge in [0.2, 0.25) is 0 Å². The number of aliphatic hydroxyl groups is 1. The van der Waals surface area contributed by atoms with Crippen molar-refractivity contribution >= 4 is 0 Å². The van der Waals surface area contributed by atoms with Crippen LogP contribution in [0.5, 0.6) is 0 Å². The molecule has 0 radical (unpaired) electrons. The largest absolute Gasteiger partial charge is 0.377 e. The van der Waals surface area contributed by atoms with Crippen molar-refractivity contribution in [2.75, 3.05) is 13.2 Å². The zero-order valence-electron chi connectivity index (χ0n) is 16.2. The molecule has 1 aliphatic heterocycles. The summed E-state index contributed by atoms with van der Waals surface area (Å²) in [5.41, 5.74) is 0.832. The Balaban J connectivity index is 1.47. The fourth-order valence-electron chi connectivity index (χ4n) is 7.63. The van der Waals surface area contributed by atoms with Crippen LogP contribution < -0.4 is 0 Å². The summed E-state index contributed by atoms with van der Waals surface area (Å²) in [5.74, 6) is 4.32. The van der Waals surface area contributed by atoms with Crippen molar-refractivity contribution in [1.29, 1.82) is 0 Å². The molecule has 4 fully saturated rings.